The minimum absolute atomic E-state index is 0.0775. The highest BCUT2D eigenvalue weighted by atomic mass is 35.5. The molecule has 0 radical (unpaired) electrons. The maximum atomic E-state index is 11.4. The van der Waals surface area contributed by atoms with Crippen molar-refractivity contribution in [3.63, 3.8) is 0 Å². The zero-order valence-electron chi connectivity index (χ0n) is 8.61. The van der Waals surface area contributed by atoms with Crippen LogP contribution >= 0.6 is 11.6 Å². The van der Waals surface area contributed by atoms with E-state index in [2.05, 4.69) is 10.3 Å². The Morgan fingerprint density at radius 3 is 3.06 bits per heavy atom. The summed E-state index contributed by atoms with van der Waals surface area (Å²) in [6.07, 6.45) is 3.79. The average Bonchev–Trinajstić information content (AvgIpc) is 2.30. The molecule has 1 amide bonds. The van der Waals surface area contributed by atoms with Crippen LogP contribution in [-0.2, 0) is 4.79 Å². The third kappa shape index (κ3) is 2.31. The van der Waals surface area contributed by atoms with E-state index in [0.717, 1.165) is 16.5 Å². The monoisotopic (exact) mass is 234 g/mol. The van der Waals surface area contributed by atoms with Gasteiger partial charge in [-0.15, -0.1) is 11.6 Å². The second-order valence-electron chi connectivity index (χ2n) is 3.39. The van der Waals surface area contributed by atoms with Gasteiger partial charge >= 0.3 is 0 Å². The number of halogens is 1. The molecule has 4 heteroatoms. The van der Waals surface area contributed by atoms with Gasteiger partial charge in [0.1, 0.15) is 0 Å². The number of anilines is 1. The summed E-state index contributed by atoms with van der Waals surface area (Å²) in [4.78, 5) is 15.5. The lowest BCUT2D eigenvalue weighted by Gasteiger charge is -2.07. The second kappa shape index (κ2) is 4.94. The fraction of sp³-hybridized carbons (Fsp3) is 0.167. The van der Waals surface area contributed by atoms with Gasteiger partial charge in [-0.2, -0.15) is 0 Å². The number of carbonyl (C=O) groups excluding carboxylic acids is 1. The quantitative estimate of drug-likeness (QED) is 0.830. The number of aromatic nitrogens is 1. The summed E-state index contributed by atoms with van der Waals surface area (Å²) in [7, 11) is 0. The Morgan fingerprint density at radius 1 is 1.38 bits per heavy atom. The van der Waals surface area contributed by atoms with E-state index in [0.29, 0.717) is 12.3 Å². The first kappa shape index (κ1) is 10.9. The first-order valence-corrected chi connectivity index (χ1v) is 5.53. The van der Waals surface area contributed by atoms with Crippen LogP contribution in [0.25, 0.3) is 10.8 Å². The number of amides is 1. The van der Waals surface area contributed by atoms with E-state index in [1.165, 1.54) is 0 Å². The molecule has 0 fully saturated rings. The van der Waals surface area contributed by atoms with E-state index in [-0.39, 0.29) is 5.91 Å². The highest BCUT2D eigenvalue weighted by Crippen LogP contribution is 2.21. The normalized spacial score (nSPS) is 10.3. The van der Waals surface area contributed by atoms with Gasteiger partial charge in [0.05, 0.1) is 5.69 Å². The fourth-order valence-corrected chi connectivity index (χ4v) is 1.69. The maximum absolute atomic E-state index is 11.4. The number of alkyl halides is 1. The van der Waals surface area contributed by atoms with Gasteiger partial charge in [0.15, 0.2) is 0 Å². The Kier molecular flexibility index (Phi) is 3.37. The number of hydrogen-bond donors (Lipinski definition) is 1. The van der Waals surface area contributed by atoms with Crippen molar-refractivity contribution in [3.8, 4) is 0 Å². The zero-order chi connectivity index (χ0) is 11.4. The molecule has 0 spiro atoms. The lowest BCUT2D eigenvalue weighted by Crippen LogP contribution is -2.11. The van der Waals surface area contributed by atoms with Crippen LogP contribution in [0.5, 0.6) is 0 Å². The van der Waals surface area contributed by atoms with Gasteiger partial charge in [-0.05, 0) is 17.5 Å². The Labute approximate surface area is 98.4 Å². The van der Waals surface area contributed by atoms with Crippen molar-refractivity contribution >= 4 is 34.0 Å². The predicted molar refractivity (Wildman–Crippen MR) is 65.7 cm³/mol. The summed E-state index contributed by atoms with van der Waals surface area (Å²) in [6.45, 7) is 0. The number of hydrogen-bond acceptors (Lipinski definition) is 2. The molecule has 0 saturated carbocycles. The topological polar surface area (TPSA) is 42.0 Å². The van der Waals surface area contributed by atoms with Crippen molar-refractivity contribution < 1.29 is 4.79 Å². The van der Waals surface area contributed by atoms with E-state index in [9.17, 15) is 4.79 Å². The Hall–Kier alpha value is -1.61. The summed E-state index contributed by atoms with van der Waals surface area (Å²) in [5, 5.41) is 4.81. The predicted octanol–water partition coefficient (Wildman–Crippen LogP) is 2.80. The average molecular weight is 235 g/mol. The Bertz CT molecular complexity index is 508. The Morgan fingerprint density at radius 2 is 2.25 bits per heavy atom. The van der Waals surface area contributed by atoms with Gasteiger partial charge in [0.25, 0.3) is 0 Å². The highest BCUT2D eigenvalue weighted by Gasteiger charge is 2.04. The van der Waals surface area contributed by atoms with E-state index in [1.54, 1.807) is 12.4 Å². The molecule has 1 aromatic heterocycles. The summed E-state index contributed by atoms with van der Waals surface area (Å²) in [5.41, 5.74) is 0.778. The van der Waals surface area contributed by atoms with Crippen molar-refractivity contribution in [2.45, 2.75) is 6.42 Å². The molecule has 0 unspecified atom stereocenters. The molecule has 2 rings (SSSR count). The van der Waals surface area contributed by atoms with Crippen molar-refractivity contribution in [2.24, 2.45) is 0 Å². The molecule has 82 valence electrons. The number of rotatable bonds is 3. The van der Waals surface area contributed by atoms with E-state index in [1.807, 2.05) is 24.3 Å². The lowest BCUT2D eigenvalue weighted by atomic mass is 10.1. The molecule has 1 N–H and O–H groups in total. The number of carbonyl (C=O) groups is 1. The zero-order valence-corrected chi connectivity index (χ0v) is 9.37. The van der Waals surface area contributed by atoms with Crippen molar-refractivity contribution in [1.29, 1.82) is 0 Å². The standard InChI is InChI=1S/C12H11ClN2O/c13-6-4-12(16)15-11-3-1-2-9-5-7-14-8-10(9)11/h1-3,5,7-8H,4,6H2,(H,15,16). The SMILES string of the molecule is O=C(CCCl)Nc1cccc2ccncc12. The molecule has 0 aliphatic heterocycles. The first-order valence-electron chi connectivity index (χ1n) is 5.00. The van der Waals surface area contributed by atoms with Gasteiger partial charge in [-0.3, -0.25) is 9.78 Å². The summed E-state index contributed by atoms with van der Waals surface area (Å²) in [5.74, 6) is 0.251. The van der Waals surface area contributed by atoms with Crippen LogP contribution in [0.3, 0.4) is 0 Å². The third-order valence-electron chi connectivity index (χ3n) is 2.28. The summed E-state index contributed by atoms with van der Waals surface area (Å²) < 4.78 is 0. The molecule has 0 aliphatic carbocycles. The van der Waals surface area contributed by atoms with E-state index < -0.39 is 0 Å². The third-order valence-corrected chi connectivity index (χ3v) is 2.47. The largest absolute Gasteiger partial charge is 0.325 e. The fourth-order valence-electron chi connectivity index (χ4n) is 1.52. The smallest absolute Gasteiger partial charge is 0.225 e. The van der Waals surface area contributed by atoms with Crippen LogP contribution in [0.4, 0.5) is 5.69 Å². The molecule has 16 heavy (non-hydrogen) atoms. The molecule has 0 atom stereocenters. The number of nitrogens with one attached hydrogen (secondary N) is 1. The summed E-state index contributed by atoms with van der Waals surface area (Å²) in [6, 6.07) is 7.65. The van der Waals surface area contributed by atoms with Gasteiger partial charge in [0, 0.05) is 30.1 Å². The van der Waals surface area contributed by atoms with E-state index >= 15 is 0 Å². The van der Waals surface area contributed by atoms with E-state index in [4.69, 9.17) is 11.6 Å². The number of benzene rings is 1. The van der Waals surface area contributed by atoms with Crippen LogP contribution in [0.15, 0.2) is 36.7 Å². The minimum atomic E-state index is -0.0775. The number of pyridine rings is 1. The van der Waals surface area contributed by atoms with Crippen LogP contribution in [0, 0.1) is 0 Å². The molecular formula is C12H11ClN2O. The second-order valence-corrected chi connectivity index (χ2v) is 3.77. The van der Waals surface area contributed by atoms with Crippen LogP contribution in [0.2, 0.25) is 0 Å². The maximum Gasteiger partial charge on any atom is 0.225 e. The van der Waals surface area contributed by atoms with Gasteiger partial charge in [0.2, 0.25) is 5.91 Å². The number of nitrogens with zero attached hydrogens (tertiary/aromatic N) is 1. The van der Waals surface area contributed by atoms with Gasteiger partial charge in [-0.1, -0.05) is 12.1 Å². The molecule has 0 aliphatic rings. The molecule has 3 nitrogen and oxygen atoms in total. The molecule has 0 bridgehead atoms. The first-order chi connectivity index (χ1) is 7.81. The minimum Gasteiger partial charge on any atom is -0.325 e. The molecule has 1 heterocycles. The van der Waals surface area contributed by atoms with Crippen LogP contribution in [0.1, 0.15) is 6.42 Å². The number of fused-ring (bicyclic) bond motifs is 1. The molecule has 0 saturated heterocycles. The van der Waals surface area contributed by atoms with Crippen molar-refractivity contribution in [1.82, 2.24) is 4.98 Å². The molecular weight excluding hydrogens is 224 g/mol. The van der Waals surface area contributed by atoms with Crippen LogP contribution < -0.4 is 5.32 Å². The Balaban J connectivity index is 2.33. The lowest BCUT2D eigenvalue weighted by molar-refractivity contribution is -0.115. The van der Waals surface area contributed by atoms with Crippen molar-refractivity contribution in [2.75, 3.05) is 11.2 Å². The molecule has 2 aromatic rings. The van der Waals surface area contributed by atoms with Crippen LogP contribution in [-0.4, -0.2) is 16.8 Å². The molecule has 1 aromatic carbocycles. The summed E-state index contributed by atoms with van der Waals surface area (Å²) >= 11 is 5.51. The van der Waals surface area contributed by atoms with Crippen molar-refractivity contribution in [3.05, 3.63) is 36.7 Å². The highest BCUT2D eigenvalue weighted by molar-refractivity contribution is 6.19. The van der Waals surface area contributed by atoms with Gasteiger partial charge < -0.3 is 5.32 Å². The van der Waals surface area contributed by atoms with Gasteiger partial charge in [-0.25, -0.2) is 0 Å².